The number of ketones is 1. The summed E-state index contributed by atoms with van der Waals surface area (Å²) in [5.41, 5.74) is 2.62. The summed E-state index contributed by atoms with van der Waals surface area (Å²) in [6.45, 7) is 3.72. The second kappa shape index (κ2) is 3.92. The first-order chi connectivity index (χ1) is 9.16. The van der Waals surface area contributed by atoms with E-state index in [1.54, 1.807) is 0 Å². The van der Waals surface area contributed by atoms with E-state index in [1.165, 1.54) is 11.1 Å². The van der Waals surface area contributed by atoms with E-state index in [2.05, 4.69) is 6.92 Å². The molecule has 104 valence electrons. The highest BCUT2D eigenvalue weighted by Gasteiger charge is 2.61. The highest BCUT2D eigenvalue weighted by molar-refractivity contribution is 5.99. The predicted octanol–water partition coefficient (Wildman–Crippen LogP) is 2.99. The van der Waals surface area contributed by atoms with Gasteiger partial charge in [0.05, 0.1) is 13.2 Å². The van der Waals surface area contributed by atoms with Crippen molar-refractivity contribution in [2.24, 2.45) is 11.3 Å². The molecule has 1 saturated heterocycles. The zero-order chi connectivity index (χ0) is 13.1. The summed E-state index contributed by atoms with van der Waals surface area (Å²) in [5, 5.41) is 0. The van der Waals surface area contributed by atoms with Gasteiger partial charge in [-0.1, -0.05) is 12.5 Å². The van der Waals surface area contributed by atoms with Crippen molar-refractivity contribution in [3.63, 3.8) is 0 Å². The number of hydrogen-bond donors (Lipinski definition) is 0. The van der Waals surface area contributed by atoms with Crippen molar-refractivity contribution >= 4 is 5.78 Å². The van der Waals surface area contributed by atoms with Crippen molar-refractivity contribution in [3.05, 3.63) is 11.1 Å². The highest BCUT2D eigenvalue weighted by Crippen LogP contribution is 2.61. The molecule has 0 radical (unpaired) electrons. The molecular formula is C16H22O3. The van der Waals surface area contributed by atoms with Crippen LogP contribution < -0.4 is 0 Å². The van der Waals surface area contributed by atoms with E-state index in [9.17, 15) is 4.79 Å². The van der Waals surface area contributed by atoms with Crippen LogP contribution in [0.5, 0.6) is 0 Å². The lowest BCUT2D eigenvalue weighted by Crippen LogP contribution is -2.56. The van der Waals surface area contributed by atoms with Gasteiger partial charge in [0.15, 0.2) is 11.6 Å². The van der Waals surface area contributed by atoms with Crippen LogP contribution in [0.4, 0.5) is 0 Å². The van der Waals surface area contributed by atoms with E-state index >= 15 is 0 Å². The summed E-state index contributed by atoms with van der Waals surface area (Å²) >= 11 is 0. The van der Waals surface area contributed by atoms with E-state index in [0.717, 1.165) is 44.9 Å². The zero-order valence-electron chi connectivity index (χ0n) is 11.7. The van der Waals surface area contributed by atoms with Gasteiger partial charge in [-0.25, -0.2) is 0 Å². The van der Waals surface area contributed by atoms with E-state index in [4.69, 9.17) is 9.47 Å². The van der Waals surface area contributed by atoms with Gasteiger partial charge in [-0.2, -0.15) is 0 Å². The van der Waals surface area contributed by atoms with Crippen LogP contribution in [0.15, 0.2) is 11.1 Å². The molecule has 0 bridgehead atoms. The Morgan fingerprint density at radius 2 is 1.89 bits per heavy atom. The first-order valence-corrected chi connectivity index (χ1v) is 7.69. The maximum Gasteiger partial charge on any atom is 0.174 e. The summed E-state index contributed by atoms with van der Waals surface area (Å²) in [5.74, 6) is 0.371. The molecule has 0 N–H and O–H groups in total. The number of Topliss-reactive ketones (excluding diaryl/α,β-unsaturated/α-hetero) is 1. The topological polar surface area (TPSA) is 35.5 Å². The number of ether oxygens (including phenoxy) is 2. The fraction of sp³-hybridized carbons (Fsp3) is 0.812. The van der Waals surface area contributed by atoms with Gasteiger partial charge in [0.1, 0.15) is 0 Å². The van der Waals surface area contributed by atoms with Crippen LogP contribution in [-0.2, 0) is 14.3 Å². The van der Waals surface area contributed by atoms with Crippen LogP contribution in [0.1, 0.15) is 51.9 Å². The second-order valence-corrected chi connectivity index (χ2v) is 6.75. The van der Waals surface area contributed by atoms with Crippen LogP contribution in [-0.4, -0.2) is 24.8 Å². The van der Waals surface area contributed by atoms with Gasteiger partial charge in [-0.15, -0.1) is 0 Å². The molecule has 0 unspecified atom stereocenters. The summed E-state index contributed by atoms with van der Waals surface area (Å²) in [4.78, 5) is 12.3. The average Bonchev–Trinajstić information content (AvgIpc) is 3.00. The van der Waals surface area contributed by atoms with Crippen LogP contribution in [0.25, 0.3) is 0 Å². The quantitative estimate of drug-likeness (QED) is 0.673. The number of carbonyl (C=O) groups is 1. The van der Waals surface area contributed by atoms with Gasteiger partial charge >= 0.3 is 0 Å². The molecule has 0 amide bonds. The second-order valence-electron chi connectivity index (χ2n) is 6.75. The largest absolute Gasteiger partial charge is 0.347 e. The number of hydrogen-bond acceptors (Lipinski definition) is 3. The minimum atomic E-state index is -0.405. The molecule has 1 aliphatic heterocycles. The van der Waals surface area contributed by atoms with E-state index in [0.29, 0.717) is 24.9 Å². The van der Waals surface area contributed by atoms with Gasteiger partial charge in [0.25, 0.3) is 0 Å². The fourth-order valence-corrected chi connectivity index (χ4v) is 5.01. The Kier molecular flexibility index (Phi) is 2.50. The molecule has 4 aliphatic rings. The van der Waals surface area contributed by atoms with E-state index in [-0.39, 0.29) is 5.41 Å². The minimum Gasteiger partial charge on any atom is -0.347 e. The SMILES string of the molecule is C[C@@]12CCC3=C(C(=O)CC3)[C@H]1CCCC21OCCO1. The maximum atomic E-state index is 12.3. The molecule has 19 heavy (non-hydrogen) atoms. The molecule has 1 heterocycles. The molecule has 1 saturated carbocycles. The Bertz CT molecular complexity index is 459. The summed E-state index contributed by atoms with van der Waals surface area (Å²) in [7, 11) is 0. The molecule has 3 nitrogen and oxygen atoms in total. The third kappa shape index (κ3) is 1.43. The lowest BCUT2D eigenvalue weighted by Gasteiger charge is -2.55. The number of carbonyl (C=O) groups excluding carboxylic acids is 1. The summed E-state index contributed by atoms with van der Waals surface area (Å²) in [6, 6.07) is 0. The Balaban J connectivity index is 1.79. The first-order valence-electron chi connectivity index (χ1n) is 7.69. The third-order valence-electron chi connectivity index (χ3n) is 6.02. The molecule has 4 rings (SSSR count). The molecule has 0 aromatic rings. The molecule has 3 heteroatoms. The number of rotatable bonds is 0. The Labute approximate surface area is 114 Å². The first kappa shape index (κ1) is 12.1. The molecule has 0 aromatic heterocycles. The molecule has 0 aromatic carbocycles. The van der Waals surface area contributed by atoms with Crippen LogP contribution in [0, 0.1) is 11.3 Å². The van der Waals surface area contributed by atoms with Crippen molar-refractivity contribution in [2.75, 3.05) is 13.2 Å². The van der Waals surface area contributed by atoms with E-state index < -0.39 is 5.79 Å². The standard InChI is InChI=1S/C16H22O3/c1-15-8-6-11-4-5-13(17)14(11)12(15)3-2-7-16(15)18-9-10-19-16/h12H,2-10H2,1H3/t12-,15-/m1/s1. The maximum absolute atomic E-state index is 12.3. The van der Waals surface area contributed by atoms with E-state index in [1.807, 2.05) is 0 Å². The zero-order valence-corrected chi connectivity index (χ0v) is 11.7. The van der Waals surface area contributed by atoms with Gasteiger partial charge in [-0.05, 0) is 43.6 Å². The summed E-state index contributed by atoms with van der Waals surface area (Å²) in [6.07, 6.45) is 7.18. The van der Waals surface area contributed by atoms with Crippen molar-refractivity contribution < 1.29 is 14.3 Å². The monoisotopic (exact) mass is 262 g/mol. The molecule has 2 fully saturated rings. The molecule has 3 aliphatic carbocycles. The van der Waals surface area contributed by atoms with Crippen molar-refractivity contribution in [1.29, 1.82) is 0 Å². The highest BCUT2D eigenvalue weighted by atomic mass is 16.7. The smallest absolute Gasteiger partial charge is 0.174 e. The van der Waals surface area contributed by atoms with Crippen LogP contribution in [0.2, 0.25) is 0 Å². The fourth-order valence-electron chi connectivity index (χ4n) is 5.01. The lowest BCUT2D eigenvalue weighted by molar-refractivity contribution is -0.267. The van der Waals surface area contributed by atoms with Crippen molar-refractivity contribution in [2.45, 2.75) is 57.7 Å². The van der Waals surface area contributed by atoms with Crippen LogP contribution in [0.3, 0.4) is 0 Å². The van der Waals surface area contributed by atoms with Crippen molar-refractivity contribution in [1.82, 2.24) is 0 Å². The molecule has 1 spiro atoms. The van der Waals surface area contributed by atoms with Gasteiger partial charge in [-0.3, -0.25) is 4.79 Å². The Morgan fingerprint density at radius 1 is 1.11 bits per heavy atom. The Hall–Kier alpha value is -0.670. The normalized spacial score (nSPS) is 40.7. The minimum absolute atomic E-state index is 0.000579. The van der Waals surface area contributed by atoms with Gasteiger partial charge in [0.2, 0.25) is 0 Å². The molecule has 2 atom stereocenters. The number of fused-ring (bicyclic) bond motifs is 3. The van der Waals surface area contributed by atoms with Crippen molar-refractivity contribution in [3.8, 4) is 0 Å². The lowest BCUT2D eigenvalue weighted by atomic mass is 9.56. The predicted molar refractivity (Wildman–Crippen MR) is 70.6 cm³/mol. The van der Waals surface area contributed by atoms with Crippen LogP contribution >= 0.6 is 0 Å². The third-order valence-corrected chi connectivity index (χ3v) is 6.02. The number of allylic oxidation sites excluding steroid dienone is 2. The van der Waals surface area contributed by atoms with Gasteiger partial charge in [0, 0.05) is 18.3 Å². The van der Waals surface area contributed by atoms with Gasteiger partial charge < -0.3 is 9.47 Å². The Morgan fingerprint density at radius 3 is 2.68 bits per heavy atom. The summed E-state index contributed by atoms with van der Waals surface area (Å²) < 4.78 is 12.2. The average molecular weight is 262 g/mol. The molecular weight excluding hydrogens is 240 g/mol.